The molecule has 11 heteroatoms. The van der Waals surface area contributed by atoms with Gasteiger partial charge in [0.25, 0.3) is 5.69 Å². The number of rotatable bonds is 5. The predicted molar refractivity (Wildman–Crippen MR) is 91.6 cm³/mol. The zero-order valence-electron chi connectivity index (χ0n) is 13.7. The van der Waals surface area contributed by atoms with Gasteiger partial charge in [0, 0.05) is 10.5 Å². The number of hydrogen-bond donors (Lipinski definition) is 2. The van der Waals surface area contributed by atoms with Crippen molar-refractivity contribution in [3.8, 4) is 0 Å². The minimum absolute atomic E-state index is 0. The zero-order valence-corrected chi connectivity index (χ0v) is 15.3. The maximum absolute atomic E-state index is 12.4. The van der Waals surface area contributed by atoms with E-state index in [4.69, 9.17) is 4.74 Å². The molecule has 140 valence electrons. The summed E-state index contributed by atoms with van der Waals surface area (Å²) in [5, 5.41) is 29.8. The number of hydrogen-bond acceptors (Lipinski definition) is 6. The van der Waals surface area contributed by atoms with Crippen molar-refractivity contribution in [1.29, 1.82) is 0 Å². The molecule has 25 heavy (non-hydrogen) atoms. The highest BCUT2D eigenvalue weighted by Gasteiger charge is 2.37. The van der Waals surface area contributed by atoms with E-state index in [0.717, 1.165) is 6.07 Å². The van der Waals surface area contributed by atoms with Gasteiger partial charge in [-0.25, -0.2) is 9.59 Å². The molecule has 0 bridgehead atoms. The number of carboxylic acid groups (broad SMARTS) is 1. The Morgan fingerprint density at radius 1 is 1.40 bits per heavy atom. The first kappa shape index (κ1) is 22.8. The van der Waals surface area contributed by atoms with Gasteiger partial charge < -0.3 is 20.4 Å². The Kier molecular flexibility index (Phi) is 7.96. The Balaban J connectivity index is 0.00000576. The fourth-order valence-corrected chi connectivity index (χ4v) is 2.17. The molecule has 1 rings (SSSR count). The van der Waals surface area contributed by atoms with Gasteiger partial charge in [-0.2, -0.15) is 0 Å². The van der Waals surface area contributed by atoms with Gasteiger partial charge in [-0.15, -0.1) is 0 Å². The van der Waals surface area contributed by atoms with Gasteiger partial charge in [-0.1, -0.05) is 15.9 Å². The summed E-state index contributed by atoms with van der Waals surface area (Å²) in [5.74, 6) is -1.53. The first-order valence-electron chi connectivity index (χ1n) is 6.77. The van der Waals surface area contributed by atoms with Crippen LogP contribution in [0.4, 0.5) is 16.2 Å². The Bertz CT molecular complexity index is 659. The van der Waals surface area contributed by atoms with Crippen LogP contribution in [0.25, 0.3) is 0 Å². The average Bonchev–Trinajstić information content (AvgIpc) is 2.41. The maximum atomic E-state index is 12.4. The summed E-state index contributed by atoms with van der Waals surface area (Å²) >= 11 is 3.12. The van der Waals surface area contributed by atoms with Crippen LogP contribution in [-0.2, 0) is 9.53 Å². The smallest absolute Gasteiger partial charge is 0.415 e. The standard InChI is InChI=1S/C14H17BrN2O7.H2O/c1-14(2,3)24-13(21)16(11(7-18)12(19)20)10-6-8(15)4-5-9(10)17(22)23;/h4-6,11,18H,7H2,1-3H3,(H,19,20);1H2. The van der Waals surface area contributed by atoms with E-state index in [1.54, 1.807) is 20.8 Å². The molecule has 0 aliphatic heterocycles. The van der Waals surface area contributed by atoms with Crippen LogP contribution >= 0.6 is 15.9 Å². The van der Waals surface area contributed by atoms with Gasteiger partial charge in [0.05, 0.1) is 11.5 Å². The summed E-state index contributed by atoms with van der Waals surface area (Å²) in [6.07, 6.45) is -1.12. The molecule has 0 fully saturated rings. The van der Waals surface area contributed by atoms with Crippen molar-refractivity contribution >= 4 is 39.4 Å². The molecule has 1 amide bonds. The number of carboxylic acids is 1. The average molecular weight is 423 g/mol. The number of amides is 1. The molecular formula is C14H19BrN2O8. The highest BCUT2D eigenvalue weighted by atomic mass is 79.9. The van der Waals surface area contributed by atoms with E-state index in [9.17, 15) is 29.9 Å². The van der Waals surface area contributed by atoms with E-state index in [0.29, 0.717) is 9.37 Å². The molecule has 10 nitrogen and oxygen atoms in total. The molecule has 0 heterocycles. The lowest BCUT2D eigenvalue weighted by atomic mass is 10.2. The van der Waals surface area contributed by atoms with Crippen molar-refractivity contribution in [3.63, 3.8) is 0 Å². The van der Waals surface area contributed by atoms with Crippen LogP contribution < -0.4 is 4.90 Å². The van der Waals surface area contributed by atoms with Gasteiger partial charge >= 0.3 is 12.1 Å². The van der Waals surface area contributed by atoms with Crippen molar-refractivity contribution in [2.24, 2.45) is 0 Å². The van der Waals surface area contributed by atoms with Crippen LogP contribution in [0.1, 0.15) is 20.8 Å². The first-order chi connectivity index (χ1) is 11.0. The number of aliphatic carboxylic acids is 1. The van der Waals surface area contributed by atoms with Crippen molar-refractivity contribution in [2.45, 2.75) is 32.4 Å². The molecule has 0 spiro atoms. The van der Waals surface area contributed by atoms with Gasteiger partial charge in [-0.3, -0.25) is 15.0 Å². The number of nitro groups is 1. The minimum Gasteiger partial charge on any atom is -0.480 e. The molecule has 1 unspecified atom stereocenters. The fourth-order valence-electron chi connectivity index (χ4n) is 1.82. The number of benzene rings is 1. The largest absolute Gasteiger partial charge is 0.480 e. The van der Waals surface area contributed by atoms with E-state index in [1.165, 1.54) is 12.1 Å². The van der Waals surface area contributed by atoms with Crippen LogP contribution in [0.5, 0.6) is 0 Å². The Morgan fingerprint density at radius 3 is 2.36 bits per heavy atom. The number of anilines is 1. The molecule has 0 aliphatic carbocycles. The van der Waals surface area contributed by atoms with E-state index < -0.39 is 40.9 Å². The summed E-state index contributed by atoms with van der Waals surface area (Å²) < 4.78 is 5.52. The Morgan fingerprint density at radius 2 is 1.96 bits per heavy atom. The van der Waals surface area contributed by atoms with E-state index in [-0.39, 0.29) is 11.2 Å². The third-order valence-electron chi connectivity index (χ3n) is 2.75. The lowest BCUT2D eigenvalue weighted by Crippen LogP contribution is -2.49. The second kappa shape index (κ2) is 8.74. The molecule has 0 aliphatic rings. The summed E-state index contributed by atoms with van der Waals surface area (Å²) in [6.45, 7) is 3.74. The SMILES string of the molecule is CC(C)(C)OC(=O)N(c1cc(Br)ccc1[N+](=O)[O-])C(CO)C(=O)O.O. The van der Waals surface area contributed by atoms with Crippen LogP contribution in [0.3, 0.4) is 0 Å². The van der Waals surface area contributed by atoms with Gasteiger partial charge in [0.15, 0.2) is 6.04 Å². The quantitative estimate of drug-likeness (QED) is 0.538. The number of carbonyl (C=O) groups excluding carboxylic acids is 1. The Hall–Kier alpha value is -2.24. The molecule has 1 aromatic rings. The van der Waals surface area contributed by atoms with Gasteiger partial charge in [0.2, 0.25) is 0 Å². The van der Waals surface area contributed by atoms with Crippen molar-refractivity contribution in [3.05, 3.63) is 32.8 Å². The molecule has 0 radical (unpaired) electrons. The van der Waals surface area contributed by atoms with E-state index >= 15 is 0 Å². The second-order valence-electron chi connectivity index (χ2n) is 5.78. The monoisotopic (exact) mass is 422 g/mol. The normalized spacial score (nSPS) is 11.9. The van der Waals surface area contributed by atoms with E-state index in [1.807, 2.05) is 0 Å². The van der Waals surface area contributed by atoms with Crippen molar-refractivity contribution in [2.75, 3.05) is 11.5 Å². The van der Waals surface area contributed by atoms with E-state index in [2.05, 4.69) is 15.9 Å². The lowest BCUT2D eigenvalue weighted by molar-refractivity contribution is -0.384. The number of aliphatic hydroxyl groups excluding tert-OH is 1. The number of carbonyl (C=O) groups is 2. The third kappa shape index (κ3) is 5.96. The molecular weight excluding hydrogens is 404 g/mol. The van der Waals surface area contributed by atoms with Crippen molar-refractivity contribution in [1.82, 2.24) is 0 Å². The second-order valence-corrected chi connectivity index (χ2v) is 6.69. The highest BCUT2D eigenvalue weighted by Crippen LogP contribution is 2.33. The summed E-state index contributed by atoms with van der Waals surface area (Å²) in [6, 6.07) is 1.97. The third-order valence-corrected chi connectivity index (χ3v) is 3.25. The fraction of sp³-hybridized carbons (Fsp3) is 0.429. The molecule has 0 saturated carbocycles. The predicted octanol–water partition coefficient (Wildman–Crippen LogP) is 1.72. The Labute approximate surface area is 151 Å². The lowest BCUT2D eigenvalue weighted by Gasteiger charge is -2.30. The van der Waals surface area contributed by atoms with Gasteiger partial charge in [0.1, 0.15) is 11.3 Å². The maximum Gasteiger partial charge on any atom is 0.415 e. The molecule has 4 N–H and O–H groups in total. The highest BCUT2D eigenvalue weighted by molar-refractivity contribution is 9.10. The topological polar surface area (TPSA) is 162 Å². The number of nitro benzene ring substituents is 1. The molecule has 0 saturated heterocycles. The molecule has 1 aromatic carbocycles. The first-order valence-corrected chi connectivity index (χ1v) is 7.57. The number of halogens is 1. The van der Waals surface area contributed by atoms with Gasteiger partial charge in [-0.05, 0) is 32.9 Å². The summed E-state index contributed by atoms with van der Waals surface area (Å²) in [5.41, 5.74) is -1.76. The summed E-state index contributed by atoms with van der Waals surface area (Å²) in [4.78, 5) is 34.9. The van der Waals surface area contributed by atoms with Crippen molar-refractivity contribution < 1.29 is 34.9 Å². The van der Waals surface area contributed by atoms with Crippen LogP contribution in [0.15, 0.2) is 22.7 Å². The van der Waals surface area contributed by atoms with Crippen LogP contribution in [0, 0.1) is 10.1 Å². The summed E-state index contributed by atoms with van der Waals surface area (Å²) in [7, 11) is 0. The number of ether oxygens (including phenoxy) is 1. The van der Waals surface area contributed by atoms with Crippen LogP contribution in [0.2, 0.25) is 0 Å². The zero-order chi connectivity index (χ0) is 18.7. The van der Waals surface area contributed by atoms with Crippen LogP contribution in [-0.4, -0.2) is 50.9 Å². The number of nitrogens with zero attached hydrogens (tertiary/aromatic N) is 2. The number of aliphatic hydroxyl groups is 1. The minimum atomic E-state index is -1.74. The molecule has 1 atom stereocenters. The molecule has 0 aromatic heterocycles.